The van der Waals surface area contributed by atoms with Gasteiger partial charge in [-0.1, -0.05) is 0 Å². The molecule has 156 valence electrons. The van der Waals surface area contributed by atoms with Crippen molar-refractivity contribution in [2.45, 2.75) is 19.3 Å². The van der Waals surface area contributed by atoms with Gasteiger partial charge >= 0.3 is 6.29 Å². The number of alkyl halides is 2. The summed E-state index contributed by atoms with van der Waals surface area (Å²) in [6, 6.07) is 7.88. The second-order valence-corrected chi connectivity index (χ2v) is 7.27. The number of nitrogens with zero attached hydrogens (tertiary/aromatic N) is 2. The number of halogens is 2. The van der Waals surface area contributed by atoms with Gasteiger partial charge in [-0.3, -0.25) is 4.79 Å². The molecule has 1 aliphatic heterocycles. The zero-order chi connectivity index (χ0) is 21.1. The molecule has 0 saturated carbocycles. The molecule has 0 radical (unpaired) electrons. The average molecular weight is 433 g/mol. The zero-order valence-corrected chi connectivity index (χ0v) is 16.6. The fourth-order valence-corrected chi connectivity index (χ4v) is 3.56. The molecule has 0 atom stereocenters. The van der Waals surface area contributed by atoms with Gasteiger partial charge in [-0.05, 0) is 29.8 Å². The molecule has 3 aromatic rings. The van der Waals surface area contributed by atoms with Crippen molar-refractivity contribution in [3.8, 4) is 11.5 Å². The van der Waals surface area contributed by atoms with Crippen LogP contribution < -0.4 is 25.4 Å². The molecule has 1 aromatic carbocycles. The molecular formula is C19H17F2N5O3S. The van der Waals surface area contributed by atoms with Gasteiger partial charge in [0.05, 0.1) is 16.8 Å². The Balaban J connectivity index is 1.36. The topological polar surface area (TPSA) is 97.4 Å². The van der Waals surface area contributed by atoms with Crippen molar-refractivity contribution in [2.24, 2.45) is 0 Å². The minimum absolute atomic E-state index is 0.0791. The Labute approximate surface area is 174 Å². The molecule has 0 unspecified atom stereocenters. The number of anilines is 3. The highest BCUT2D eigenvalue weighted by Crippen LogP contribution is 2.42. The number of hydrogen-bond acceptors (Lipinski definition) is 8. The van der Waals surface area contributed by atoms with Gasteiger partial charge in [-0.2, -0.15) is 0 Å². The SMILES string of the molecule is CNc1cc(CNc2ncsc2CC(=O)Nc2ccc3c(c2)OC(F)(F)O3)ccn1. The van der Waals surface area contributed by atoms with Crippen molar-refractivity contribution in [1.82, 2.24) is 9.97 Å². The first kappa shape index (κ1) is 19.8. The van der Waals surface area contributed by atoms with E-state index in [2.05, 4.69) is 35.4 Å². The summed E-state index contributed by atoms with van der Waals surface area (Å²) in [4.78, 5) is 21.6. The second kappa shape index (κ2) is 8.11. The molecule has 11 heteroatoms. The van der Waals surface area contributed by atoms with Gasteiger partial charge in [0.25, 0.3) is 0 Å². The Hall–Kier alpha value is -3.47. The molecule has 2 aromatic heterocycles. The summed E-state index contributed by atoms with van der Waals surface area (Å²) in [6.45, 7) is 0.520. The van der Waals surface area contributed by atoms with Gasteiger partial charge in [-0.25, -0.2) is 9.97 Å². The molecular weight excluding hydrogens is 416 g/mol. The summed E-state index contributed by atoms with van der Waals surface area (Å²) in [7, 11) is 1.79. The number of carbonyl (C=O) groups is 1. The third-order valence-corrected chi connectivity index (χ3v) is 5.02. The smallest absolute Gasteiger partial charge is 0.395 e. The average Bonchev–Trinajstić information content (AvgIpc) is 3.27. The lowest BCUT2D eigenvalue weighted by atomic mass is 10.2. The van der Waals surface area contributed by atoms with Crippen molar-refractivity contribution in [3.05, 3.63) is 52.5 Å². The number of hydrogen-bond donors (Lipinski definition) is 3. The van der Waals surface area contributed by atoms with E-state index in [0.717, 1.165) is 16.3 Å². The minimum Gasteiger partial charge on any atom is -0.395 e. The Morgan fingerprint density at radius 2 is 2.00 bits per heavy atom. The Morgan fingerprint density at radius 1 is 1.17 bits per heavy atom. The maximum absolute atomic E-state index is 13.1. The van der Waals surface area contributed by atoms with E-state index < -0.39 is 6.29 Å². The summed E-state index contributed by atoms with van der Waals surface area (Å²) in [6.07, 6.45) is -1.91. The van der Waals surface area contributed by atoms with Crippen molar-refractivity contribution < 1.29 is 23.0 Å². The van der Waals surface area contributed by atoms with Gasteiger partial charge in [-0.15, -0.1) is 20.1 Å². The monoisotopic (exact) mass is 433 g/mol. The number of carbonyl (C=O) groups excluding carboxylic acids is 1. The highest BCUT2D eigenvalue weighted by molar-refractivity contribution is 7.10. The van der Waals surface area contributed by atoms with E-state index in [1.807, 2.05) is 12.1 Å². The van der Waals surface area contributed by atoms with Crippen LogP contribution in [0.3, 0.4) is 0 Å². The molecule has 1 aliphatic rings. The molecule has 0 spiro atoms. The van der Waals surface area contributed by atoms with E-state index in [9.17, 15) is 13.6 Å². The van der Waals surface area contributed by atoms with Crippen LogP contribution in [0, 0.1) is 0 Å². The maximum Gasteiger partial charge on any atom is 0.586 e. The molecule has 4 rings (SSSR count). The fourth-order valence-electron chi connectivity index (χ4n) is 2.82. The van der Waals surface area contributed by atoms with E-state index in [1.54, 1.807) is 18.8 Å². The Morgan fingerprint density at radius 3 is 2.83 bits per heavy atom. The molecule has 8 nitrogen and oxygen atoms in total. The van der Waals surface area contributed by atoms with Crippen LogP contribution in [0.2, 0.25) is 0 Å². The lowest BCUT2D eigenvalue weighted by molar-refractivity contribution is -0.286. The van der Waals surface area contributed by atoms with Gasteiger partial charge in [0, 0.05) is 31.5 Å². The number of rotatable bonds is 7. The standard InChI is InChI=1S/C19H17F2N5O3S/c1-22-16-6-11(4-5-23-16)9-24-18-15(30-10-25-18)8-17(27)26-12-2-3-13-14(7-12)29-19(20,21)28-13/h2-7,10,24H,8-9H2,1H3,(H,22,23)(H,26,27). The number of pyridine rings is 1. The number of fused-ring (bicyclic) bond motifs is 1. The number of benzene rings is 1. The first-order valence-electron chi connectivity index (χ1n) is 8.90. The van der Waals surface area contributed by atoms with E-state index in [1.165, 1.54) is 29.5 Å². The normalized spacial score (nSPS) is 13.7. The molecule has 0 bridgehead atoms. The second-order valence-electron chi connectivity index (χ2n) is 6.33. The van der Waals surface area contributed by atoms with Gasteiger partial charge < -0.3 is 25.4 Å². The largest absolute Gasteiger partial charge is 0.586 e. The van der Waals surface area contributed by atoms with Gasteiger partial charge in [0.2, 0.25) is 5.91 Å². The van der Waals surface area contributed by atoms with Crippen LogP contribution in [0.1, 0.15) is 10.4 Å². The van der Waals surface area contributed by atoms with Crippen molar-refractivity contribution >= 4 is 34.6 Å². The zero-order valence-electron chi connectivity index (χ0n) is 15.7. The quantitative estimate of drug-likeness (QED) is 0.523. The minimum atomic E-state index is -3.70. The predicted octanol–water partition coefficient (Wildman–Crippen LogP) is 3.69. The number of amides is 1. The van der Waals surface area contributed by atoms with Crippen LogP contribution in [0.5, 0.6) is 11.5 Å². The fraction of sp³-hybridized carbons (Fsp3) is 0.211. The molecule has 1 amide bonds. The van der Waals surface area contributed by atoms with Crippen LogP contribution in [-0.2, 0) is 17.8 Å². The summed E-state index contributed by atoms with van der Waals surface area (Å²) in [5, 5.41) is 8.86. The summed E-state index contributed by atoms with van der Waals surface area (Å²) >= 11 is 1.35. The molecule has 3 heterocycles. The van der Waals surface area contributed by atoms with E-state index >= 15 is 0 Å². The van der Waals surface area contributed by atoms with Crippen molar-refractivity contribution in [3.63, 3.8) is 0 Å². The Bertz CT molecular complexity index is 1080. The molecule has 3 N–H and O–H groups in total. The molecule has 0 fully saturated rings. The van der Waals surface area contributed by atoms with E-state index in [-0.39, 0.29) is 23.8 Å². The number of aromatic nitrogens is 2. The van der Waals surface area contributed by atoms with Crippen molar-refractivity contribution in [2.75, 3.05) is 23.0 Å². The molecule has 30 heavy (non-hydrogen) atoms. The summed E-state index contributed by atoms with van der Waals surface area (Å²) in [5.41, 5.74) is 2.99. The van der Waals surface area contributed by atoms with Crippen LogP contribution in [0.4, 0.5) is 26.1 Å². The van der Waals surface area contributed by atoms with Crippen LogP contribution >= 0.6 is 11.3 Å². The number of nitrogens with one attached hydrogen (secondary N) is 3. The summed E-state index contributed by atoms with van der Waals surface area (Å²) in [5.74, 6) is 0.854. The number of thiazole rings is 1. The number of ether oxygens (including phenoxy) is 2. The predicted molar refractivity (Wildman–Crippen MR) is 108 cm³/mol. The highest BCUT2D eigenvalue weighted by Gasteiger charge is 2.43. The van der Waals surface area contributed by atoms with Gasteiger partial charge in [0.1, 0.15) is 11.6 Å². The first-order chi connectivity index (χ1) is 14.4. The Kier molecular flexibility index (Phi) is 5.36. The van der Waals surface area contributed by atoms with E-state index in [4.69, 9.17) is 0 Å². The highest BCUT2D eigenvalue weighted by atomic mass is 32.1. The van der Waals surface area contributed by atoms with Crippen LogP contribution in [0.25, 0.3) is 0 Å². The van der Waals surface area contributed by atoms with E-state index in [0.29, 0.717) is 18.1 Å². The lowest BCUT2D eigenvalue weighted by Crippen LogP contribution is -2.25. The maximum atomic E-state index is 13.1. The molecule has 0 aliphatic carbocycles. The lowest BCUT2D eigenvalue weighted by Gasteiger charge is -2.08. The summed E-state index contributed by atoms with van der Waals surface area (Å²) < 4.78 is 35.0. The van der Waals surface area contributed by atoms with Crippen LogP contribution in [-0.4, -0.2) is 29.2 Å². The van der Waals surface area contributed by atoms with Crippen LogP contribution in [0.15, 0.2) is 42.0 Å². The van der Waals surface area contributed by atoms with Gasteiger partial charge in [0.15, 0.2) is 11.5 Å². The third-order valence-electron chi connectivity index (χ3n) is 4.19. The van der Waals surface area contributed by atoms with Crippen molar-refractivity contribution in [1.29, 1.82) is 0 Å². The first-order valence-corrected chi connectivity index (χ1v) is 9.78. The molecule has 0 saturated heterocycles. The third kappa shape index (κ3) is 4.57.